The zero-order chi connectivity index (χ0) is 12.1. The van der Waals surface area contributed by atoms with Crippen LogP contribution in [0, 0.1) is 0 Å². The second-order valence-electron chi connectivity index (χ2n) is 3.44. The summed E-state index contributed by atoms with van der Waals surface area (Å²) in [6.07, 6.45) is 1.68. The zero-order valence-corrected chi connectivity index (χ0v) is 9.82. The van der Waals surface area contributed by atoms with Gasteiger partial charge in [0.05, 0.1) is 0 Å². The molecule has 5 heteroatoms. The lowest BCUT2D eigenvalue weighted by molar-refractivity contribution is 0.306. The number of ether oxygens (including phenoxy) is 1. The first kappa shape index (κ1) is 11.7. The summed E-state index contributed by atoms with van der Waals surface area (Å²) >= 11 is 5.78. The molecule has 0 saturated carbocycles. The second kappa shape index (κ2) is 5.52. The van der Waals surface area contributed by atoms with Gasteiger partial charge in [0.15, 0.2) is 0 Å². The van der Waals surface area contributed by atoms with Crippen molar-refractivity contribution in [3.05, 3.63) is 53.2 Å². The number of nitrogen functional groups attached to an aromatic ring is 1. The summed E-state index contributed by atoms with van der Waals surface area (Å²) in [5.74, 6) is 6.66. The Bertz CT molecular complexity index is 487. The Kier molecular flexibility index (Phi) is 3.80. The third-order valence-corrected chi connectivity index (χ3v) is 2.44. The molecule has 0 amide bonds. The van der Waals surface area contributed by atoms with E-state index in [9.17, 15) is 0 Å². The van der Waals surface area contributed by atoms with Gasteiger partial charge in [0, 0.05) is 11.2 Å². The highest BCUT2D eigenvalue weighted by Gasteiger charge is 1.98. The maximum absolute atomic E-state index is 5.78. The lowest BCUT2D eigenvalue weighted by atomic mass is 10.3. The normalized spacial score (nSPS) is 10.0. The molecular weight excluding hydrogens is 238 g/mol. The first-order valence-electron chi connectivity index (χ1n) is 5.08. The van der Waals surface area contributed by atoms with E-state index in [4.69, 9.17) is 22.2 Å². The fourth-order valence-corrected chi connectivity index (χ4v) is 1.47. The largest absolute Gasteiger partial charge is 0.489 e. The molecule has 17 heavy (non-hydrogen) atoms. The van der Waals surface area contributed by atoms with Crippen LogP contribution >= 0.6 is 11.6 Å². The molecule has 0 aliphatic carbocycles. The average Bonchev–Trinajstić information content (AvgIpc) is 2.38. The third-order valence-electron chi connectivity index (χ3n) is 2.19. The minimum absolute atomic E-state index is 0.457. The molecule has 0 aliphatic rings. The molecule has 0 fully saturated rings. The van der Waals surface area contributed by atoms with Crippen molar-refractivity contribution in [3.63, 3.8) is 0 Å². The molecule has 0 unspecified atom stereocenters. The molecule has 0 bridgehead atoms. The van der Waals surface area contributed by atoms with E-state index >= 15 is 0 Å². The Morgan fingerprint density at radius 3 is 2.71 bits per heavy atom. The number of hydrogen-bond donors (Lipinski definition) is 2. The van der Waals surface area contributed by atoms with Crippen molar-refractivity contribution in [2.24, 2.45) is 5.84 Å². The lowest BCUT2D eigenvalue weighted by Gasteiger charge is -2.07. The molecule has 0 atom stereocenters. The molecule has 2 rings (SSSR count). The molecule has 0 spiro atoms. The summed E-state index contributed by atoms with van der Waals surface area (Å²) in [5, 5.41) is 0.691. The predicted molar refractivity (Wildman–Crippen MR) is 67.8 cm³/mol. The van der Waals surface area contributed by atoms with E-state index in [1.54, 1.807) is 18.3 Å². The number of rotatable bonds is 4. The highest BCUT2D eigenvalue weighted by Crippen LogP contribution is 2.17. The monoisotopic (exact) mass is 249 g/mol. The van der Waals surface area contributed by atoms with Crippen molar-refractivity contribution < 1.29 is 4.74 Å². The van der Waals surface area contributed by atoms with Crippen molar-refractivity contribution in [2.45, 2.75) is 6.61 Å². The molecule has 2 aromatic rings. The van der Waals surface area contributed by atoms with Crippen molar-refractivity contribution >= 4 is 17.4 Å². The van der Waals surface area contributed by atoms with Crippen molar-refractivity contribution in [3.8, 4) is 5.75 Å². The van der Waals surface area contributed by atoms with Crippen LogP contribution in [-0.2, 0) is 6.61 Å². The molecule has 88 valence electrons. The first-order chi connectivity index (χ1) is 8.28. The van der Waals surface area contributed by atoms with Crippen molar-refractivity contribution in [2.75, 3.05) is 5.43 Å². The molecular formula is C12H12ClN3O. The van der Waals surface area contributed by atoms with Crippen molar-refractivity contribution in [1.82, 2.24) is 4.98 Å². The summed E-state index contributed by atoms with van der Waals surface area (Å²) in [6.45, 7) is 0.457. The minimum Gasteiger partial charge on any atom is -0.489 e. The quantitative estimate of drug-likeness (QED) is 0.646. The topological polar surface area (TPSA) is 60.2 Å². The van der Waals surface area contributed by atoms with E-state index in [2.05, 4.69) is 10.4 Å². The van der Waals surface area contributed by atoms with E-state index in [-0.39, 0.29) is 0 Å². The number of hydrazine groups is 1. The van der Waals surface area contributed by atoms with Crippen LogP contribution < -0.4 is 16.0 Å². The lowest BCUT2D eigenvalue weighted by Crippen LogP contribution is -2.09. The molecule has 0 aliphatic heterocycles. The fourth-order valence-electron chi connectivity index (χ4n) is 1.34. The van der Waals surface area contributed by atoms with Gasteiger partial charge in [0.1, 0.15) is 18.2 Å². The van der Waals surface area contributed by atoms with Gasteiger partial charge in [-0.1, -0.05) is 11.6 Å². The molecule has 3 N–H and O–H groups in total. The summed E-state index contributed by atoms with van der Waals surface area (Å²) in [4.78, 5) is 4.02. The number of nitrogens with one attached hydrogen (secondary N) is 1. The van der Waals surface area contributed by atoms with Gasteiger partial charge in [-0.2, -0.15) is 0 Å². The van der Waals surface area contributed by atoms with Gasteiger partial charge in [-0.25, -0.2) is 10.8 Å². The summed E-state index contributed by atoms with van der Waals surface area (Å²) in [6, 6.07) is 10.9. The van der Waals surface area contributed by atoms with Crippen LogP contribution in [-0.4, -0.2) is 4.98 Å². The summed E-state index contributed by atoms with van der Waals surface area (Å²) in [5.41, 5.74) is 3.48. The van der Waals surface area contributed by atoms with Gasteiger partial charge in [-0.05, 0) is 42.0 Å². The highest BCUT2D eigenvalue weighted by atomic mass is 35.5. The second-order valence-corrected chi connectivity index (χ2v) is 3.87. The molecule has 4 nitrogen and oxygen atoms in total. The van der Waals surface area contributed by atoms with Crippen LogP contribution in [0.1, 0.15) is 5.56 Å². The van der Waals surface area contributed by atoms with Gasteiger partial charge in [-0.3, -0.25) is 0 Å². The maximum atomic E-state index is 5.78. The van der Waals surface area contributed by atoms with E-state index in [0.717, 1.165) is 11.3 Å². The molecule has 0 saturated heterocycles. The van der Waals surface area contributed by atoms with Crippen LogP contribution in [0.15, 0.2) is 42.6 Å². The Balaban J connectivity index is 1.99. The van der Waals surface area contributed by atoms with Crippen LogP contribution in [0.5, 0.6) is 5.75 Å². The number of aromatic nitrogens is 1. The number of benzene rings is 1. The molecule has 1 heterocycles. The number of nitrogens with two attached hydrogens (primary N) is 1. The zero-order valence-electron chi connectivity index (χ0n) is 9.06. The van der Waals surface area contributed by atoms with Crippen LogP contribution in [0.25, 0.3) is 0 Å². The van der Waals surface area contributed by atoms with E-state index in [1.807, 2.05) is 24.3 Å². The highest BCUT2D eigenvalue weighted by molar-refractivity contribution is 6.30. The molecule has 0 radical (unpaired) electrons. The Morgan fingerprint density at radius 1 is 1.24 bits per heavy atom. The SMILES string of the molecule is NNc1cc(COc2ccc(Cl)cc2)ccn1. The smallest absolute Gasteiger partial charge is 0.140 e. The third kappa shape index (κ3) is 3.34. The number of nitrogens with zero attached hydrogens (tertiary/aromatic N) is 1. The molecule has 1 aromatic heterocycles. The maximum Gasteiger partial charge on any atom is 0.140 e. The number of anilines is 1. The van der Waals surface area contributed by atoms with Crippen LogP contribution in [0.2, 0.25) is 5.02 Å². The fraction of sp³-hybridized carbons (Fsp3) is 0.0833. The van der Waals surface area contributed by atoms with E-state index in [1.165, 1.54) is 0 Å². The standard InChI is InChI=1S/C12H12ClN3O/c13-10-1-3-11(4-2-10)17-8-9-5-6-15-12(7-9)16-14/h1-7H,8,14H2,(H,15,16). The first-order valence-corrected chi connectivity index (χ1v) is 5.45. The average molecular weight is 250 g/mol. The molecule has 1 aromatic carbocycles. The predicted octanol–water partition coefficient (Wildman–Crippen LogP) is 2.60. The van der Waals surface area contributed by atoms with E-state index in [0.29, 0.717) is 17.4 Å². The summed E-state index contributed by atoms with van der Waals surface area (Å²) < 4.78 is 5.59. The van der Waals surface area contributed by atoms with Gasteiger partial charge in [0.2, 0.25) is 0 Å². The van der Waals surface area contributed by atoms with Gasteiger partial charge < -0.3 is 10.2 Å². The van der Waals surface area contributed by atoms with Gasteiger partial charge in [0.25, 0.3) is 0 Å². The van der Waals surface area contributed by atoms with E-state index < -0.39 is 0 Å². The van der Waals surface area contributed by atoms with Gasteiger partial charge in [-0.15, -0.1) is 0 Å². The van der Waals surface area contributed by atoms with Gasteiger partial charge >= 0.3 is 0 Å². The van der Waals surface area contributed by atoms with Crippen LogP contribution in [0.4, 0.5) is 5.82 Å². The Morgan fingerprint density at radius 2 is 2.00 bits per heavy atom. The number of hydrogen-bond acceptors (Lipinski definition) is 4. The number of halogens is 1. The number of pyridine rings is 1. The van der Waals surface area contributed by atoms with Crippen LogP contribution in [0.3, 0.4) is 0 Å². The van der Waals surface area contributed by atoms with Crippen molar-refractivity contribution in [1.29, 1.82) is 0 Å². The summed E-state index contributed by atoms with van der Waals surface area (Å²) in [7, 11) is 0. The minimum atomic E-state index is 0.457. The Hall–Kier alpha value is -1.78. The Labute approximate surface area is 104 Å².